The van der Waals surface area contributed by atoms with E-state index >= 15 is 0 Å². The van der Waals surface area contributed by atoms with Crippen LogP contribution in [0.15, 0.2) is 42.5 Å². The lowest BCUT2D eigenvalue weighted by molar-refractivity contribution is 0.202. The van der Waals surface area contributed by atoms with Crippen LogP contribution in [-0.4, -0.2) is 54.8 Å². The van der Waals surface area contributed by atoms with Crippen LogP contribution in [0.2, 0.25) is 0 Å². The zero-order valence-electron chi connectivity index (χ0n) is 15.5. The summed E-state index contributed by atoms with van der Waals surface area (Å²) in [6, 6.07) is 13.4. The number of nitrogen functional groups attached to an aromatic ring is 1. The third-order valence-corrected chi connectivity index (χ3v) is 4.09. The molecule has 0 spiro atoms. The monoisotopic (exact) mass is 375 g/mol. The Hall–Kier alpha value is -2.48. The summed E-state index contributed by atoms with van der Waals surface area (Å²) >= 11 is 0. The number of nitrogens with zero attached hydrogens (tertiary/aromatic N) is 1. The molecule has 2 rings (SSSR count). The van der Waals surface area contributed by atoms with Crippen molar-refractivity contribution in [3.8, 4) is 5.75 Å². The molecule has 148 valence electrons. The Balaban J connectivity index is 2.01. The van der Waals surface area contributed by atoms with Crippen molar-refractivity contribution in [2.24, 2.45) is 0 Å². The predicted octanol–water partition coefficient (Wildman–Crippen LogP) is 1.43. The first-order valence-electron chi connectivity index (χ1n) is 9.10. The van der Waals surface area contributed by atoms with Crippen LogP contribution in [0.1, 0.15) is 12.0 Å². The number of rotatable bonds is 12. The van der Waals surface area contributed by atoms with Gasteiger partial charge in [-0.15, -0.1) is 0 Å². The fourth-order valence-corrected chi connectivity index (χ4v) is 2.74. The van der Waals surface area contributed by atoms with Gasteiger partial charge in [0.05, 0.1) is 18.9 Å². The van der Waals surface area contributed by atoms with E-state index in [0.29, 0.717) is 37.5 Å². The highest BCUT2D eigenvalue weighted by Gasteiger charge is 2.07. The van der Waals surface area contributed by atoms with Crippen molar-refractivity contribution in [1.82, 2.24) is 0 Å². The lowest BCUT2D eigenvalue weighted by atomic mass is 10.1. The van der Waals surface area contributed by atoms with E-state index in [1.54, 1.807) is 18.2 Å². The third-order valence-electron chi connectivity index (χ3n) is 4.09. The lowest BCUT2D eigenvalue weighted by Crippen LogP contribution is -2.28. The average molecular weight is 375 g/mol. The first kappa shape index (κ1) is 20.8. The zero-order valence-corrected chi connectivity index (χ0v) is 15.5. The fourth-order valence-electron chi connectivity index (χ4n) is 2.74. The molecule has 7 nitrogen and oxygen atoms in total. The second-order valence-electron chi connectivity index (χ2n) is 6.14. The minimum Gasteiger partial charge on any atom is -0.489 e. The first-order valence-corrected chi connectivity index (χ1v) is 9.10. The van der Waals surface area contributed by atoms with Crippen LogP contribution in [0.4, 0.5) is 17.1 Å². The maximum Gasteiger partial charge on any atom is 0.142 e. The molecule has 2 aromatic carbocycles. The summed E-state index contributed by atoms with van der Waals surface area (Å²) in [5.74, 6) is 0.646. The number of aliphatic hydroxyl groups excluding tert-OH is 3. The molecule has 0 radical (unpaired) electrons. The molecule has 0 aliphatic rings. The van der Waals surface area contributed by atoms with E-state index in [1.807, 2.05) is 29.2 Å². The average Bonchev–Trinajstić information content (AvgIpc) is 2.69. The molecule has 0 aliphatic heterocycles. The highest BCUT2D eigenvalue weighted by atomic mass is 16.5. The molecule has 0 unspecified atom stereocenters. The number of nitrogens with one attached hydrogen (secondary N) is 1. The highest BCUT2D eigenvalue weighted by molar-refractivity contribution is 5.63. The highest BCUT2D eigenvalue weighted by Crippen LogP contribution is 2.27. The van der Waals surface area contributed by atoms with Gasteiger partial charge in [0.15, 0.2) is 0 Å². The van der Waals surface area contributed by atoms with Gasteiger partial charge in [-0.1, -0.05) is 12.1 Å². The van der Waals surface area contributed by atoms with E-state index in [2.05, 4.69) is 5.32 Å². The number of hydrogen-bond donors (Lipinski definition) is 5. The van der Waals surface area contributed by atoms with Gasteiger partial charge in [-0.3, -0.25) is 0 Å². The normalized spacial score (nSPS) is 10.6. The Morgan fingerprint density at radius 1 is 0.926 bits per heavy atom. The molecular weight excluding hydrogens is 346 g/mol. The maximum atomic E-state index is 9.22. The summed E-state index contributed by atoms with van der Waals surface area (Å²) in [6.45, 7) is 2.20. The topological polar surface area (TPSA) is 111 Å². The molecule has 27 heavy (non-hydrogen) atoms. The van der Waals surface area contributed by atoms with Crippen molar-refractivity contribution in [2.75, 3.05) is 55.5 Å². The minimum absolute atomic E-state index is 0.0497. The van der Waals surface area contributed by atoms with Gasteiger partial charge in [-0.2, -0.15) is 0 Å². The van der Waals surface area contributed by atoms with Crippen molar-refractivity contribution in [1.29, 1.82) is 0 Å². The van der Waals surface area contributed by atoms with Gasteiger partial charge in [-0.25, -0.2) is 0 Å². The van der Waals surface area contributed by atoms with E-state index in [1.165, 1.54) is 0 Å². The van der Waals surface area contributed by atoms with Crippen LogP contribution in [0, 0.1) is 0 Å². The smallest absolute Gasteiger partial charge is 0.142 e. The number of hydrogen-bond acceptors (Lipinski definition) is 7. The van der Waals surface area contributed by atoms with Gasteiger partial charge >= 0.3 is 0 Å². The van der Waals surface area contributed by atoms with Gasteiger partial charge in [0.25, 0.3) is 0 Å². The van der Waals surface area contributed by atoms with Gasteiger partial charge in [0, 0.05) is 37.6 Å². The number of nitrogens with two attached hydrogens (primary N) is 1. The van der Waals surface area contributed by atoms with E-state index in [-0.39, 0.29) is 26.4 Å². The minimum atomic E-state index is -0.0497. The van der Waals surface area contributed by atoms with Gasteiger partial charge < -0.3 is 36.0 Å². The van der Waals surface area contributed by atoms with Crippen molar-refractivity contribution >= 4 is 17.1 Å². The largest absolute Gasteiger partial charge is 0.489 e. The molecule has 0 bridgehead atoms. The molecule has 0 fully saturated rings. The van der Waals surface area contributed by atoms with Gasteiger partial charge in [0.1, 0.15) is 12.4 Å². The van der Waals surface area contributed by atoms with Crippen molar-refractivity contribution in [3.05, 3.63) is 48.0 Å². The van der Waals surface area contributed by atoms with Crippen LogP contribution in [0.25, 0.3) is 0 Å². The van der Waals surface area contributed by atoms with E-state index in [4.69, 9.17) is 20.7 Å². The summed E-state index contributed by atoms with van der Waals surface area (Å²) < 4.78 is 5.53. The second kappa shape index (κ2) is 11.3. The summed E-state index contributed by atoms with van der Waals surface area (Å²) in [5.41, 5.74) is 9.36. The van der Waals surface area contributed by atoms with Crippen LogP contribution >= 0.6 is 0 Å². The molecule has 0 amide bonds. The molecule has 7 heteroatoms. The molecule has 6 N–H and O–H groups in total. The molecule has 2 aromatic rings. The molecule has 0 saturated heterocycles. The Kier molecular flexibility index (Phi) is 8.70. The first-order chi connectivity index (χ1) is 13.2. The van der Waals surface area contributed by atoms with Crippen molar-refractivity contribution in [2.45, 2.75) is 13.0 Å². The maximum absolute atomic E-state index is 9.22. The fraction of sp³-hybridized carbons (Fsp3) is 0.400. The number of aliphatic hydroxyl groups is 3. The predicted molar refractivity (Wildman–Crippen MR) is 108 cm³/mol. The van der Waals surface area contributed by atoms with E-state index < -0.39 is 0 Å². The second-order valence-corrected chi connectivity index (χ2v) is 6.14. The van der Waals surface area contributed by atoms with Crippen LogP contribution in [0.5, 0.6) is 5.75 Å². The quantitative estimate of drug-likeness (QED) is 0.357. The van der Waals surface area contributed by atoms with Crippen LogP contribution in [-0.2, 0) is 6.54 Å². The van der Waals surface area contributed by atoms with E-state index in [0.717, 1.165) is 16.9 Å². The molecule has 0 saturated carbocycles. The van der Waals surface area contributed by atoms with Crippen molar-refractivity contribution in [3.63, 3.8) is 0 Å². The van der Waals surface area contributed by atoms with Gasteiger partial charge in [-0.05, 0) is 42.3 Å². The zero-order chi connectivity index (χ0) is 19.5. The third kappa shape index (κ3) is 6.63. The van der Waals surface area contributed by atoms with Crippen LogP contribution < -0.4 is 20.7 Å². The SMILES string of the molecule is Nc1ccc(OCCO)c(NCc2ccc(N(CCO)CCCO)cc2)c1. The van der Waals surface area contributed by atoms with E-state index in [9.17, 15) is 5.11 Å². The molecule has 0 aromatic heterocycles. The Bertz CT molecular complexity index is 679. The standard InChI is InChI=1S/C20H29N3O4/c21-17-4-7-20(27-13-12-26)19(14-17)22-15-16-2-5-18(6-3-16)23(9-11-25)8-1-10-24/h2-7,14,22,24-26H,1,8-13,15,21H2. The summed E-state index contributed by atoms with van der Waals surface area (Å²) in [5, 5.41) is 30.5. The van der Waals surface area contributed by atoms with Crippen molar-refractivity contribution < 1.29 is 20.1 Å². The molecular formula is C20H29N3O4. The molecule has 0 heterocycles. The Morgan fingerprint density at radius 2 is 1.70 bits per heavy atom. The summed E-state index contributed by atoms with van der Waals surface area (Å²) in [7, 11) is 0. The molecule has 0 atom stereocenters. The number of ether oxygens (including phenoxy) is 1. The Morgan fingerprint density at radius 3 is 2.37 bits per heavy atom. The number of benzene rings is 2. The number of anilines is 3. The summed E-state index contributed by atoms with van der Waals surface area (Å²) in [4.78, 5) is 2.05. The van der Waals surface area contributed by atoms with Gasteiger partial charge in [0.2, 0.25) is 0 Å². The van der Waals surface area contributed by atoms with Crippen LogP contribution in [0.3, 0.4) is 0 Å². The summed E-state index contributed by atoms with van der Waals surface area (Å²) in [6.07, 6.45) is 0.662. The molecule has 0 aliphatic carbocycles. The lowest BCUT2D eigenvalue weighted by Gasteiger charge is -2.24. The Labute approximate surface area is 160 Å².